The smallest absolute Gasteiger partial charge is 0.299 e. The molecule has 0 saturated heterocycles. The molecule has 0 saturated carbocycles. The first kappa shape index (κ1) is 24.4. The summed E-state index contributed by atoms with van der Waals surface area (Å²) in [5, 5.41) is 14.4. The van der Waals surface area contributed by atoms with Crippen LogP contribution in [0.3, 0.4) is 0 Å². The van der Waals surface area contributed by atoms with Crippen LogP contribution >= 0.6 is 0 Å². The largest absolute Gasteiger partial charge is 0.328 e. The first-order valence-corrected chi connectivity index (χ1v) is 12.8. The number of hydrogen-bond acceptors (Lipinski definition) is 4. The Bertz CT molecular complexity index is 1480. The molecule has 1 N–H and O–H groups in total. The molecule has 0 aliphatic rings. The van der Waals surface area contributed by atoms with E-state index in [0.29, 0.717) is 24.8 Å². The van der Waals surface area contributed by atoms with Gasteiger partial charge in [-0.1, -0.05) is 92.7 Å². The van der Waals surface area contributed by atoms with Gasteiger partial charge in [-0.25, -0.2) is 9.89 Å². The molecule has 0 fully saturated rings. The monoisotopic (exact) mass is 492 g/mol. The van der Waals surface area contributed by atoms with Gasteiger partial charge in [-0.2, -0.15) is 0 Å². The summed E-state index contributed by atoms with van der Waals surface area (Å²) in [6.45, 7) is 5.68. The maximum Gasteiger partial charge on any atom is 0.328 e. The zero-order valence-corrected chi connectivity index (χ0v) is 21.3. The van der Waals surface area contributed by atoms with Gasteiger partial charge in [0.15, 0.2) is 5.82 Å². The number of aryl methyl sites for hydroxylation is 3. The van der Waals surface area contributed by atoms with Crippen LogP contribution in [0.25, 0.3) is 22.5 Å². The molecule has 0 bridgehead atoms. The number of aromatic amines is 1. The minimum atomic E-state index is 0.0573. The van der Waals surface area contributed by atoms with E-state index in [0.717, 1.165) is 47.2 Å². The molecular formula is C30H32N6O. The van der Waals surface area contributed by atoms with Gasteiger partial charge >= 0.3 is 5.69 Å². The summed E-state index contributed by atoms with van der Waals surface area (Å²) in [7, 11) is 0. The second-order valence-electron chi connectivity index (χ2n) is 9.84. The molecule has 0 radical (unpaired) electrons. The highest BCUT2D eigenvalue weighted by Crippen LogP contribution is 2.29. The Morgan fingerprint density at radius 1 is 0.838 bits per heavy atom. The first-order valence-electron chi connectivity index (χ1n) is 12.8. The van der Waals surface area contributed by atoms with Crippen LogP contribution in [0.1, 0.15) is 37.1 Å². The van der Waals surface area contributed by atoms with Crippen LogP contribution in [0, 0.1) is 5.92 Å². The molecule has 7 nitrogen and oxygen atoms in total. The van der Waals surface area contributed by atoms with Crippen LogP contribution in [0.2, 0.25) is 0 Å². The number of nitrogens with one attached hydrogen (secondary N) is 1. The van der Waals surface area contributed by atoms with E-state index in [1.54, 1.807) is 0 Å². The number of tetrazole rings is 1. The minimum Gasteiger partial charge on any atom is -0.299 e. The molecule has 5 rings (SSSR count). The maximum atomic E-state index is 13.4. The summed E-state index contributed by atoms with van der Waals surface area (Å²) in [4.78, 5) is 13.4. The van der Waals surface area contributed by atoms with Gasteiger partial charge < -0.3 is 0 Å². The second-order valence-corrected chi connectivity index (χ2v) is 9.84. The Balaban J connectivity index is 1.39. The van der Waals surface area contributed by atoms with E-state index in [1.165, 1.54) is 5.56 Å². The van der Waals surface area contributed by atoms with Gasteiger partial charge in [0.1, 0.15) is 0 Å². The van der Waals surface area contributed by atoms with Gasteiger partial charge in [-0.15, -0.1) is 5.10 Å². The summed E-state index contributed by atoms with van der Waals surface area (Å²) < 4.78 is 3.81. The summed E-state index contributed by atoms with van der Waals surface area (Å²) in [5.74, 6) is 1.22. The molecule has 7 heteroatoms. The van der Waals surface area contributed by atoms with Crippen molar-refractivity contribution >= 4 is 0 Å². The summed E-state index contributed by atoms with van der Waals surface area (Å²) in [6.07, 6.45) is 4.84. The summed E-state index contributed by atoms with van der Waals surface area (Å²) in [6, 6.07) is 26.8. The highest BCUT2D eigenvalue weighted by molar-refractivity contribution is 5.80. The molecule has 0 aliphatic carbocycles. The van der Waals surface area contributed by atoms with Crippen molar-refractivity contribution < 1.29 is 0 Å². The number of benzene rings is 3. The van der Waals surface area contributed by atoms with Crippen molar-refractivity contribution in [3.63, 3.8) is 0 Å². The van der Waals surface area contributed by atoms with Gasteiger partial charge in [0, 0.05) is 24.0 Å². The predicted molar refractivity (Wildman–Crippen MR) is 146 cm³/mol. The Morgan fingerprint density at radius 2 is 1.57 bits per heavy atom. The van der Waals surface area contributed by atoms with Gasteiger partial charge in [-0.05, 0) is 57.9 Å². The molecular weight excluding hydrogens is 460 g/mol. The molecule has 0 aliphatic heterocycles. The van der Waals surface area contributed by atoms with Crippen LogP contribution in [-0.4, -0.2) is 29.8 Å². The zero-order valence-electron chi connectivity index (χ0n) is 21.3. The Morgan fingerprint density at radius 3 is 2.27 bits per heavy atom. The van der Waals surface area contributed by atoms with Crippen LogP contribution in [0.4, 0.5) is 0 Å². The Hall–Kier alpha value is -4.26. The van der Waals surface area contributed by atoms with Crippen molar-refractivity contribution in [3.8, 4) is 22.5 Å². The molecule has 5 aromatic rings. The van der Waals surface area contributed by atoms with Gasteiger partial charge in [0.2, 0.25) is 0 Å². The van der Waals surface area contributed by atoms with Crippen molar-refractivity contribution in [2.45, 2.75) is 46.2 Å². The summed E-state index contributed by atoms with van der Waals surface area (Å²) in [5.41, 5.74) is 6.56. The fourth-order valence-electron chi connectivity index (χ4n) is 4.63. The Kier molecular flexibility index (Phi) is 7.40. The third-order valence-corrected chi connectivity index (χ3v) is 6.72. The van der Waals surface area contributed by atoms with Crippen molar-refractivity contribution in [1.29, 1.82) is 0 Å². The molecule has 0 atom stereocenters. The number of nitrogens with zero attached hydrogens (tertiary/aromatic N) is 5. The third-order valence-electron chi connectivity index (χ3n) is 6.72. The van der Waals surface area contributed by atoms with Crippen LogP contribution in [0.5, 0.6) is 0 Å². The SMILES string of the molecule is CC(C)CCc1cn(CCc2ccccc2)c(=O)n1Cc1ccc(-c2ccccc2-c2nnn[nH]2)cc1. The number of imidazole rings is 1. The lowest BCUT2D eigenvalue weighted by Gasteiger charge is -2.11. The van der Waals surface area contributed by atoms with Crippen molar-refractivity contribution in [3.05, 3.63) is 112 Å². The fraction of sp³-hybridized carbons (Fsp3) is 0.267. The van der Waals surface area contributed by atoms with E-state index >= 15 is 0 Å². The molecule has 3 aromatic carbocycles. The van der Waals surface area contributed by atoms with Gasteiger partial charge in [-0.3, -0.25) is 9.13 Å². The standard InChI is InChI=1S/C30H32N6O/c1-22(2)12-17-26-21-35(19-18-23-8-4-3-5-9-23)30(37)36(26)20-24-13-15-25(16-14-24)27-10-6-7-11-28(27)29-31-33-34-32-29/h3-11,13-16,21-22H,12,17-20H2,1-2H3,(H,31,32,33,34). The van der Waals surface area contributed by atoms with E-state index in [-0.39, 0.29) is 5.69 Å². The van der Waals surface area contributed by atoms with Crippen molar-refractivity contribution in [1.82, 2.24) is 29.8 Å². The van der Waals surface area contributed by atoms with Crippen molar-refractivity contribution in [2.24, 2.45) is 5.92 Å². The molecule has 37 heavy (non-hydrogen) atoms. The highest BCUT2D eigenvalue weighted by atomic mass is 16.1. The van der Waals surface area contributed by atoms with E-state index in [9.17, 15) is 4.79 Å². The number of aromatic nitrogens is 6. The molecule has 188 valence electrons. The quantitative estimate of drug-likeness (QED) is 0.284. The van der Waals surface area contributed by atoms with Crippen LogP contribution in [0.15, 0.2) is 89.9 Å². The normalized spacial score (nSPS) is 11.3. The van der Waals surface area contributed by atoms with Crippen LogP contribution < -0.4 is 5.69 Å². The lowest BCUT2D eigenvalue weighted by atomic mass is 9.98. The zero-order chi connectivity index (χ0) is 25.6. The van der Waals surface area contributed by atoms with E-state index in [4.69, 9.17) is 0 Å². The highest BCUT2D eigenvalue weighted by Gasteiger charge is 2.14. The van der Waals surface area contributed by atoms with Crippen LogP contribution in [-0.2, 0) is 25.9 Å². The van der Waals surface area contributed by atoms with E-state index in [1.807, 2.05) is 45.5 Å². The second kappa shape index (κ2) is 11.2. The van der Waals surface area contributed by atoms with Crippen molar-refractivity contribution in [2.75, 3.05) is 0 Å². The lowest BCUT2D eigenvalue weighted by Crippen LogP contribution is -2.26. The maximum absolute atomic E-state index is 13.4. The summed E-state index contributed by atoms with van der Waals surface area (Å²) >= 11 is 0. The van der Waals surface area contributed by atoms with Gasteiger partial charge in [0.25, 0.3) is 0 Å². The fourth-order valence-corrected chi connectivity index (χ4v) is 4.63. The molecule has 2 aromatic heterocycles. The molecule has 2 heterocycles. The third kappa shape index (κ3) is 5.77. The number of hydrogen-bond donors (Lipinski definition) is 1. The average Bonchev–Trinajstić information content (AvgIpc) is 3.56. The minimum absolute atomic E-state index is 0.0573. The molecule has 0 spiro atoms. The van der Waals surface area contributed by atoms with Gasteiger partial charge in [0.05, 0.1) is 6.54 Å². The first-order chi connectivity index (χ1) is 18.1. The topological polar surface area (TPSA) is 81.4 Å². The number of rotatable bonds is 10. The van der Waals surface area contributed by atoms with E-state index < -0.39 is 0 Å². The molecule has 0 amide bonds. The Labute approximate surface area is 216 Å². The predicted octanol–water partition coefficient (Wildman–Crippen LogP) is 5.38. The molecule has 0 unspecified atom stereocenters. The lowest BCUT2D eigenvalue weighted by molar-refractivity contribution is 0.565. The van der Waals surface area contributed by atoms with E-state index in [2.05, 4.69) is 83.1 Å². The average molecular weight is 493 g/mol. The number of H-pyrrole nitrogens is 1.